The third-order valence-electron chi connectivity index (χ3n) is 2.47. The second-order valence-electron chi connectivity index (χ2n) is 3.45. The van der Waals surface area contributed by atoms with Crippen molar-refractivity contribution >= 4 is 5.97 Å². The predicted molar refractivity (Wildman–Crippen MR) is 48.3 cm³/mol. The van der Waals surface area contributed by atoms with E-state index in [-0.39, 0.29) is 0 Å². The number of carbonyl (C=O) groups is 1. The summed E-state index contributed by atoms with van der Waals surface area (Å²) in [7, 11) is 0. The van der Waals surface area contributed by atoms with Gasteiger partial charge in [-0.1, -0.05) is 13.8 Å². The van der Waals surface area contributed by atoms with E-state index in [0.29, 0.717) is 6.42 Å². The molecule has 4 atom stereocenters. The normalized spacial score (nSPS) is 20.4. The highest BCUT2D eigenvalue weighted by molar-refractivity contribution is 5.70. The van der Waals surface area contributed by atoms with Gasteiger partial charge in [0.05, 0.1) is 18.1 Å². The van der Waals surface area contributed by atoms with Crippen LogP contribution >= 0.6 is 0 Å². The van der Waals surface area contributed by atoms with Gasteiger partial charge in [-0.05, 0) is 13.3 Å². The fraction of sp³-hybridized carbons (Fsp3) is 0.889. The SMILES string of the molecule is CCC(O)C(C)C(O)C(C)C(=O)O. The molecule has 0 saturated carbocycles. The van der Waals surface area contributed by atoms with Gasteiger partial charge >= 0.3 is 5.97 Å². The van der Waals surface area contributed by atoms with Gasteiger partial charge in [-0.15, -0.1) is 0 Å². The Hall–Kier alpha value is -0.610. The van der Waals surface area contributed by atoms with Gasteiger partial charge in [0.1, 0.15) is 0 Å². The molecule has 0 amide bonds. The molecule has 0 heterocycles. The lowest BCUT2D eigenvalue weighted by atomic mass is 9.88. The van der Waals surface area contributed by atoms with Gasteiger partial charge in [-0.2, -0.15) is 0 Å². The minimum absolute atomic E-state index is 0.406. The molecule has 0 aromatic heterocycles. The summed E-state index contributed by atoms with van der Waals surface area (Å²) in [5.41, 5.74) is 0. The number of rotatable bonds is 5. The molecular formula is C9H18O4. The highest BCUT2D eigenvalue weighted by atomic mass is 16.4. The summed E-state index contributed by atoms with van der Waals surface area (Å²) in [6, 6.07) is 0. The third-order valence-corrected chi connectivity index (χ3v) is 2.47. The molecule has 4 unspecified atom stereocenters. The molecule has 3 N–H and O–H groups in total. The minimum atomic E-state index is -1.04. The second kappa shape index (κ2) is 5.19. The quantitative estimate of drug-likeness (QED) is 0.589. The number of aliphatic hydroxyl groups excluding tert-OH is 2. The molecule has 0 aromatic rings. The molecule has 0 bridgehead atoms. The number of carboxylic acids is 1. The molecule has 0 saturated heterocycles. The average Bonchev–Trinajstić information content (AvgIpc) is 2.12. The number of aliphatic hydroxyl groups is 2. The summed E-state index contributed by atoms with van der Waals surface area (Å²) in [6.07, 6.45) is -1.12. The van der Waals surface area contributed by atoms with Crippen molar-refractivity contribution in [3.05, 3.63) is 0 Å². The van der Waals surface area contributed by atoms with Crippen LogP contribution in [-0.2, 0) is 4.79 Å². The van der Waals surface area contributed by atoms with Gasteiger partial charge < -0.3 is 15.3 Å². The van der Waals surface area contributed by atoms with E-state index in [0.717, 1.165) is 0 Å². The fourth-order valence-corrected chi connectivity index (χ4v) is 1.20. The maximum atomic E-state index is 10.5. The number of hydrogen-bond acceptors (Lipinski definition) is 3. The van der Waals surface area contributed by atoms with Crippen LogP contribution in [0.4, 0.5) is 0 Å². The lowest BCUT2D eigenvalue weighted by Crippen LogP contribution is -2.37. The van der Waals surface area contributed by atoms with Crippen LogP contribution in [0.3, 0.4) is 0 Å². The molecule has 4 nitrogen and oxygen atoms in total. The van der Waals surface area contributed by atoms with Crippen LogP contribution in [0, 0.1) is 11.8 Å². The van der Waals surface area contributed by atoms with E-state index in [2.05, 4.69) is 0 Å². The smallest absolute Gasteiger partial charge is 0.308 e. The van der Waals surface area contributed by atoms with E-state index in [1.165, 1.54) is 6.92 Å². The Morgan fingerprint density at radius 2 is 1.77 bits per heavy atom. The Bertz CT molecular complexity index is 169. The van der Waals surface area contributed by atoms with E-state index >= 15 is 0 Å². The Morgan fingerprint density at radius 1 is 1.31 bits per heavy atom. The Kier molecular flexibility index (Phi) is 4.95. The van der Waals surface area contributed by atoms with E-state index in [9.17, 15) is 15.0 Å². The first-order valence-electron chi connectivity index (χ1n) is 4.50. The zero-order valence-corrected chi connectivity index (χ0v) is 8.27. The van der Waals surface area contributed by atoms with Gasteiger partial charge in [0.25, 0.3) is 0 Å². The van der Waals surface area contributed by atoms with Crippen molar-refractivity contribution in [2.75, 3.05) is 0 Å². The number of hydrogen-bond donors (Lipinski definition) is 3. The lowest BCUT2D eigenvalue weighted by Gasteiger charge is -2.25. The van der Waals surface area contributed by atoms with Crippen molar-refractivity contribution in [3.8, 4) is 0 Å². The first kappa shape index (κ1) is 12.4. The van der Waals surface area contributed by atoms with Crippen molar-refractivity contribution in [1.29, 1.82) is 0 Å². The molecule has 0 aliphatic carbocycles. The summed E-state index contributed by atoms with van der Waals surface area (Å²) in [4.78, 5) is 10.5. The van der Waals surface area contributed by atoms with Crippen LogP contribution in [0.5, 0.6) is 0 Å². The zero-order chi connectivity index (χ0) is 10.6. The Morgan fingerprint density at radius 3 is 2.08 bits per heavy atom. The Balaban J connectivity index is 4.24. The molecule has 0 rings (SSSR count). The molecule has 0 aliphatic heterocycles. The molecule has 4 heteroatoms. The molecule has 13 heavy (non-hydrogen) atoms. The number of carboxylic acid groups (broad SMARTS) is 1. The zero-order valence-electron chi connectivity index (χ0n) is 8.27. The first-order valence-corrected chi connectivity index (χ1v) is 4.50. The van der Waals surface area contributed by atoms with Gasteiger partial charge in [-0.25, -0.2) is 0 Å². The maximum absolute atomic E-state index is 10.5. The van der Waals surface area contributed by atoms with Crippen molar-refractivity contribution in [2.24, 2.45) is 11.8 Å². The van der Waals surface area contributed by atoms with Crippen LogP contribution in [0.2, 0.25) is 0 Å². The topological polar surface area (TPSA) is 77.8 Å². The van der Waals surface area contributed by atoms with E-state index in [4.69, 9.17) is 5.11 Å². The van der Waals surface area contributed by atoms with Gasteiger partial charge in [0.15, 0.2) is 0 Å². The minimum Gasteiger partial charge on any atom is -0.481 e. The number of aliphatic carboxylic acids is 1. The second-order valence-corrected chi connectivity index (χ2v) is 3.45. The largest absolute Gasteiger partial charge is 0.481 e. The fourth-order valence-electron chi connectivity index (χ4n) is 1.20. The van der Waals surface area contributed by atoms with E-state index < -0.39 is 30.0 Å². The summed E-state index contributed by atoms with van der Waals surface area (Å²) >= 11 is 0. The van der Waals surface area contributed by atoms with Gasteiger partial charge in [-0.3, -0.25) is 4.79 Å². The van der Waals surface area contributed by atoms with Crippen LogP contribution in [-0.4, -0.2) is 33.5 Å². The molecular weight excluding hydrogens is 172 g/mol. The standard InChI is InChI=1S/C9H18O4/c1-4-7(10)5(2)8(11)6(3)9(12)13/h5-8,10-11H,4H2,1-3H3,(H,12,13). The van der Waals surface area contributed by atoms with Crippen LogP contribution < -0.4 is 0 Å². The highest BCUT2D eigenvalue weighted by Crippen LogP contribution is 2.18. The predicted octanol–water partition coefficient (Wildman–Crippen LogP) is 0.475. The average molecular weight is 190 g/mol. The summed E-state index contributed by atoms with van der Waals surface area (Å²) in [5.74, 6) is -2.28. The van der Waals surface area contributed by atoms with Crippen molar-refractivity contribution in [2.45, 2.75) is 39.4 Å². The van der Waals surface area contributed by atoms with Gasteiger partial charge in [0.2, 0.25) is 0 Å². The summed E-state index contributed by atoms with van der Waals surface area (Å²) in [6.45, 7) is 4.88. The molecule has 78 valence electrons. The molecule has 0 aromatic carbocycles. The Labute approximate surface area is 78.2 Å². The van der Waals surface area contributed by atoms with E-state index in [1.807, 2.05) is 0 Å². The van der Waals surface area contributed by atoms with Crippen molar-refractivity contribution < 1.29 is 20.1 Å². The van der Waals surface area contributed by atoms with Crippen molar-refractivity contribution in [3.63, 3.8) is 0 Å². The molecule has 0 fully saturated rings. The van der Waals surface area contributed by atoms with Gasteiger partial charge in [0, 0.05) is 5.92 Å². The maximum Gasteiger partial charge on any atom is 0.308 e. The van der Waals surface area contributed by atoms with Crippen LogP contribution in [0.15, 0.2) is 0 Å². The highest BCUT2D eigenvalue weighted by Gasteiger charge is 2.29. The molecule has 0 radical (unpaired) electrons. The van der Waals surface area contributed by atoms with Crippen LogP contribution in [0.1, 0.15) is 27.2 Å². The summed E-state index contributed by atoms with van der Waals surface area (Å²) < 4.78 is 0. The van der Waals surface area contributed by atoms with Crippen LogP contribution in [0.25, 0.3) is 0 Å². The lowest BCUT2D eigenvalue weighted by molar-refractivity contribution is -0.147. The first-order chi connectivity index (χ1) is 5.91. The van der Waals surface area contributed by atoms with Crippen molar-refractivity contribution in [1.82, 2.24) is 0 Å². The molecule has 0 aliphatic rings. The summed E-state index contributed by atoms with van der Waals surface area (Å²) in [5, 5.41) is 27.5. The molecule has 0 spiro atoms. The van der Waals surface area contributed by atoms with E-state index in [1.54, 1.807) is 13.8 Å². The monoisotopic (exact) mass is 190 g/mol. The third kappa shape index (κ3) is 3.32.